The summed E-state index contributed by atoms with van der Waals surface area (Å²) < 4.78 is 1.48. The van der Waals surface area contributed by atoms with Crippen LogP contribution in [0.5, 0.6) is 0 Å². The Balaban J connectivity index is 1.43. The zero-order chi connectivity index (χ0) is 21.1. The fraction of sp³-hybridized carbons (Fsp3) is 0.474. The number of benzene rings is 1. The van der Waals surface area contributed by atoms with Crippen LogP contribution >= 0.6 is 11.6 Å². The maximum atomic E-state index is 12.8. The zero-order valence-electron chi connectivity index (χ0n) is 16.2. The van der Waals surface area contributed by atoms with Crippen LogP contribution in [0.1, 0.15) is 37.7 Å². The first kappa shape index (κ1) is 20.4. The number of hydrogen-bond donors (Lipinski definition) is 2. The number of rotatable bonds is 6. The van der Waals surface area contributed by atoms with Crippen LogP contribution in [0.4, 0.5) is 0 Å². The van der Waals surface area contributed by atoms with Gasteiger partial charge in [0.25, 0.3) is 5.91 Å². The van der Waals surface area contributed by atoms with Crippen LogP contribution in [-0.4, -0.2) is 60.5 Å². The highest BCUT2D eigenvalue weighted by Crippen LogP contribution is 2.29. The van der Waals surface area contributed by atoms with E-state index < -0.39 is 18.1 Å². The van der Waals surface area contributed by atoms with Gasteiger partial charge in [0.05, 0.1) is 5.69 Å². The third-order valence-corrected chi connectivity index (χ3v) is 5.78. The van der Waals surface area contributed by atoms with Gasteiger partial charge in [-0.2, -0.15) is 5.10 Å². The molecular weight excluding hydrogens is 410 g/mol. The van der Waals surface area contributed by atoms with Crippen molar-refractivity contribution < 1.29 is 14.7 Å². The number of tetrazole rings is 1. The fourth-order valence-corrected chi connectivity index (χ4v) is 4.14. The van der Waals surface area contributed by atoms with Crippen molar-refractivity contribution in [3.8, 4) is 5.69 Å². The Hall–Kier alpha value is -2.85. The molecule has 0 saturated heterocycles. The molecule has 2 aliphatic rings. The maximum absolute atomic E-state index is 12.8. The lowest BCUT2D eigenvalue weighted by Gasteiger charge is -2.26. The number of nitrogens with one attached hydrogen (secondary N) is 1. The van der Waals surface area contributed by atoms with Crippen molar-refractivity contribution in [1.29, 1.82) is 0 Å². The Morgan fingerprint density at radius 1 is 1.30 bits per heavy atom. The van der Waals surface area contributed by atoms with Gasteiger partial charge in [0.15, 0.2) is 0 Å². The van der Waals surface area contributed by atoms with Gasteiger partial charge in [-0.3, -0.25) is 9.59 Å². The van der Waals surface area contributed by atoms with Gasteiger partial charge >= 0.3 is 0 Å². The molecule has 2 N–H and O–H groups in total. The molecule has 10 nitrogen and oxygen atoms in total. The Kier molecular flexibility index (Phi) is 6.05. The number of amides is 2. The summed E-state index contributed by atoms with van der Waals surface area (Å²) >= 11 is 6.11. The largest absolute Gasteiger partial charge is 0.383 e. The number of nitrogens with zero attached hydrogens (tertiary/aromatic N) is 6. The molecule has 11 heteroatoms. The molecule has 0 bridgehead atoms. The average molecular weight is 432 g/mol. The van der Waals surface area contributed by atoms with E-state index in [-0.39, 0.29) is 18.4 Å². The highest BCUT2D eigenvalue weighted by Gasteiger charge is 2.39. The highest BCUT2D eigenvalue weighted by atomic mass is 35.5. The topological polar surface area (TPSA) is 126 Å². The molecule has 30 heavy (non-hydrogen) atoms. The minimum absolute atomic E-state index is 0.0673. The van der Waals surface area contributed by atoms with Gasteiger partial charge in [0, 0.05) is 24.2 Å². The third kappa shape index (κ3) is 4.19. The molecule has 158 valence electrons. The lowest BCUT2D eigenvalue weighted by molar-refractivity contribution is -0.148. The molecule has 1 aromatic carbocycles. The standard InChI is InChI=1S/C19H22ClN7O3/c20-14-5-6-15(26-11-22-24-25-26)13(9-14)10-21-18(29)16-7-8-23-27(16)19(30)17(28)12-3-1-2-4-12/h5-6,8-9,11-12,16-17,28H,1-4,7,10H2,(H,21,29)/t16-,17+/m0/s1. The van der Waals surface area contributed by atoms with E-state index in [1.54, 1.807) is 18.2 Å². The summed E-state index contributed by atoms with van der Waals surface area (Å²) in [5.41, 5.74) is 1.39. The van der Waals surface area contributed by atoms with Gasteiger partial charge < -0.3 is 10.4 Å². The minimum atomic E-state index is -1.13. The molecule has 2 atom stereocenters. The van der Waals surface area contributed by atoms with E-state index in [0.717, 1.165) is 30.7 Å². The van der Waals surface area contributed by atoms with Crippen LogP contribution < -0.4 is 5.32 Å². The van der Waals surface area contributed by atoms with Gasteiger partial charge in [0.2, 0.25) is 5.91 Å². The quantitative estimate of drug-likeness (QED) is 0.704. The second kappa shape index (κ2) is 8.88. The number of hydrazone groups is 1. The van der Waals surface area contributed by atoms with E-state index in [1.165, 1.54) is 17.2 Å². The number of halogens is 1. The van der Waals surface area contributed by atoms with Crippen LogP contribution in [0.3, 0.4) is 0 Å². The molecule has 1 saturated carbocycles. The molecule has 0 spiro atoms. The first-order valence-corrected chi connectivity index (χ1v) is 10.3. The SMILES string of the molecule is O=C(NCc1cc(Cl)ccc1-n1cnnn1)[C@@H]1CC=NN1C(=O)[C@H](O)C1CCCC1. The Morgan fingerprint density at radius 2 is 2.10 bits per heavy atom. The predicted octanol–water partition coefficient (Wildman–Crippen LogP) is 1.07. The number of aromatic nitrogens is 4. The first-order chi connectivity index (χ1) is 14.5. The lowest BCUT2D eigenvalue weighted by Crippen LogP contribution is -2.49. The Labute approximate surface area is 177 Å². The molecule has 2 aromatic rings. The summed E-state index contributed by atoms with van der Waals surface area (Å²) in [5.74, 6) is -0.947. The van der Waals surface area contributed by atoms with E-state index in [4.69, 9.17) is 11.6 Å². The molecule has 1 aromatic heterocycles. The average Bonchev–Trinajstić information content (AvgIpc) is 3.52. The van der Waals surface area contributed by atoms with Crippen LogP contribution in [0.2, 0.25) is 5.02 Å². The molecule has 4 rings (SSSR count). The van der Waals surface area contributed by atoms with Gasteiger partial charge in [0.1, 0.15) is 18.5 Å². The number of aliphatic hydroxyl groups is 1. The second-order valence-corrected chi connectivity index (χ2v) is 7.90. The van der Waals surface area contributed by atoms with Crippen LogP contribution in [0.25, 0.3) is 5.69 Å². The van der Waals surface area contributed by atoms with Crippen molar-refractivity contribution >= 4 is 29.6 Å². The third-order valence-electron chi connectivity index (χ3n) is 5.55. The maximum Gasteiger partial charge on any atom is 0.272 e. The zero-order valence-corrected chi connectivity index (χ0v) is 16.9. The van der Waals surface area contributed by atoms with Gasteiger partial charge in [-0.1, -0.05) is 24.4 Å². The number of aliphatic hydroxyl groups excluding tert-OH is 1. The summed E-state index contributed by atoms with van der Waals surface area (Å²) in [5, 5.41) is 30.0. The predicted molar refractivity (Wildman–Crippen MR) is 108 cm³/mol. The summed E-state index contributed by atoms with van der Waals surface area (Å²) in [4.78, 5) is 25.5. The minimum Gasteiger partial charge on any atom is -0.383 e. The van der Waals surface area contributed by atoms with E-state index >= 15 is 0 Å². The summed E-state index contributed by atoms with van der Waals surface area (Å²) in [7, 11) is 0. The van der Waals surface area contributed by atoms with Crippen molar-refractivity contribution in [1.82, 2.24) is 30.5 Å². The Bertz CT molecular complexity index is 944. The summed E-state index contributed by atoms with van der Waals surface area (Å²) in [6.45, 7) is 0.165. The lowest BCUT2D eigenvalue weighted by atomic mass is 9.99. The van der Waals surface area contributed by atoms with Crippen molar-refractivity contribution in [2.75, 3.05) is 0 Å². The van der Waals surface area contributed by atoms with Crippen LogP contribution in [0.15, 0.2) is 29.6 Å². The summed E-state index contributed by atoms with van der Waals surface area (Å²) in [6, 6.07) is 4.40. The second-order valence-electron chi connectivity index (χ2n) is 7.47. The van der Waals surface area contributed by atoms with Crippen molar-refractivity contribution in [2.45, 2.75) is 50.8 Å². The van der Waals surface area contributed by atoms with Crippen molar-refractivity contribution in [2.24, 2.45) is 11.0 Å². The molecule has 2 amide bonds. The van der Waals surface area contributed by atoms with E-state index in [1.807, 2.05) is 0 Å². The molecular formula is C19H22ClN7O3. The molecule has 1 aliphatic carbocycles. The summed E-state index contributed by atoms with van der Waals surface area (Å²) in [6.07, 6.45) is 5.78. The smallest absolute Gasteiger partial charge is 0.272 e. The molecule has 1 fully saturated rings. The molecule has 2 heterocycles. The van der Waals surface area contributed by atoms with Crippen molar-refractivity contribution in [3.05, 3.63) is 35.1 Å². The Morgan fingerprint density at radius 3 is 2.83 bits per heavy atom. The molecule has 1 aliphatic heterocycles. The molecule has 0 unspecified atom stereocenters. The fourth-order valence-electron chi connectivity index (χ4n) is 3.95. The normalized spacial score (nSPS) is 19.9. The van der Waals surface area contributed by atoms with Gasteiger partial charge in [-0.05, 0) is 52.9 Å². The van der Waals surface area contributed by atoms with Gasteiger partial charge in [-0.15, -0.1) is 5.10 Å². The van der Waals surface area contributed by atoms with Crippen LogP contribution in [0, 0.1) is 5.92 Å². The number of hydrogen-bond acceptors (Lipinski definition) is 7. The van der Waals surface area contributed by atoms with E-state index in [0.29, 0.717) is 22.7 Å². The van der Waals surface area contributed by atoms with Gasteiger partial charge in [-0.25, -0.2) is 9.69 Å². The first-order valence-electron chi connectivity index (χ1n) is 9.87. The van der Waals surface area contributed by atoms with Crippen LogP contribution in [-0.2, 0) is 16.1 Å². The number of carbonyl (C=O) groups is 2. The monoisotopic (exact) mass is 431 g/mol. The molecule has 0 radical (unpaired) electrons. The van der Waals surface area contributed by atoms with Crippen molar-refractivity contribution in [3.63, 3.8) is 0 Å². The highest BCUT2D eigenvalue weighted by molar-refractivity contribution is 6.30. The van der Waals surface area contributed by atoms with E-state index in [2.05, 4.69) is 25.9 Å². The number of carbonyl (C=O) groups excluding carboxylic acids is 2. The van der Waals surface area contributed by atoms with E-state index in [9.17, 15) is 14.7 Å².